The van der Waals surface area contributed by atoms with Crippen molar-refractivity contribution < 1.29 is 32.7 Å². The zero-order valence-electron chi connectivity index (χ0n) is 20.2. The third-order valence-electron chi connectivity index (χ3n) is 6.76. The molecule has 2 aromatic rings. The molecule has 2 saturated carbocycles. The van der Waals surface area contributed by atoms with E-state index in [0.29, 0.717) is 0 Å². The van der Waals surface area contributed by atoms with Gasteiger partial charge in [-0.05, 0) is 30.1 Å². The lowest BCUT2D eigenvalue weighted by atomic mass is 9.95. The number of aliphatic carboxylic acids is 1. The van der Waals surface area contributed by atoms with E-state index in [0.717, 1.165) is 15.8 Å². The molecule has 0 spiro atoms. The lowest BCUT2D eigenvalue weighted by molar-refractivity contribution is -0.146. The molecule has 13 heteroatoms. The van der Waals surface area contributed by atoms with Crippen molar-refractivity contribution in [3.63, 3.8) is 0 Å². The molecule has 0 aromatic carbocycles. The van der Waals surface area contributed by atoms with Crippen LogP contribution in [0.25, 0.3) is 0 Å². The highest BCUT2D eigenvalue weighted by atomic mass is 35.5. The van der Waals surface area contributed by atoms with Crippen LogP contribution in [0.5, 0.6) is 0 Å². The van der Waals surface area contributed by atoms with Crippen LogP contribution in [0.15, 0.2) is 18.6 Å². The molecule has 1 N–H and O–H groups in total. The van der Waals surface area contributed by atoms with Gasteiger partial charge in [-0.2, -0.15) is 18.3 Å². The van der Waals surface area contributed by atoms with Crippen LogP contribution in [0, 0.1) is 23.2 Å². The molecule has 37 heavy (non-hydrogen) atoms. The summed E-state index contributed by atoms with van der Waals surface area (Å²) in [5.74, 6) is -3.53. The van der Waals surface area contributed by atoms with Gasteiger partial charge in [0.2, 0.25) is 0 Å². The van der Waals surface area contributed by atoms with Crippen molar-refractivity contribution in [2.75, 3.05) is 13.1 Å². The molecule has 0 saturated heterocycles. The van der Waals surface area contributed by atoms with E-state index in [1.807, 2.05) is 0 Å². The molecular weight excluding hydrogens is 536 g/mol. The number of Topliss-reactive ketones (excluding diaryl/α,β-unsaturated/α-hetero) is 1. The molecule has 0 unspecified atom stereocenters. The molecule has 2 heterocycles. The highest BCUT2D eigenvalue weighted by molar-refractivity contribution is 6.39. The quantitative estimate of drug-likeness (QED) is 0.463. The van der Waals surface area contributed by atoms with Crippen molar-refractivity contribution in [2.24, 2.45) is 23.2 Å². The van der Waals surface area contributed by atoms with Gasteiger partial charge in [-0.1, -0.05) is 44.0 Å². The normalized spacial score (nSPS) is 23.0. The first-order valence-electron chi connectivity index (χ1n) is 11.6. The number of hydrogen-bond donors (Lipinski definition) is 1. The van der Waals surface area contributed by atoms with Crippen LogP contribution in [-0.4, -0.2) is 55.5 Å². The van der Waals surface area contributed by atoms with E-state index >= 15 is 0 Å². The first kappa shape index (κ1) is 27.4. The number of carboxylic acid groups (broad SMARTS) is 1. The monoisotopic (exact) mass is 560 g/mol. The number of hydrogen-bond acceptors (Lipinski definition) is 5. The van der Waals surface area contributed by atoms with Crippen LogP contribution in [0.3, 0.4) is 0 Å². The smallest absolute Gasteiger partial charge is 0.433 e. The second-order valence-electron chi connectivity index (χ2n) is 10.8. The van der Waals surface area contributed by atoms with Crippen molar-refractivity contribution in [3.05, 3.63) is 45.5 Å². The summed E-state index contributed by atoms with van der Waals surface area (Å²) in [5, 5.41) is 13.1. The van der Waals surface area contributed by atoms with Crippen molar-refractivity contribution in [1.82, 2.24) is 19.7 Å². The molecule has 0 aliphatic heterocycles. The number of amides is 1. The summed E-state index contributed by atoms with van der Waals surface area (Å²) < 4.78 is 43.6. The number of fused-ring (bicyclic) bond motifs is 1. The minimum absolute atomic E-state index is 0.0335. The van der Waals surface area contributed by atoms with Gasteiger partial charge >= 0.3 is 12.1 Å². The number of nitrogens with zero attached hydrogens (tertiary/aromatic N) is 4. The summed E-state index contributed by atoms with van der Waals surface area (Å²) >= 11 is 12.1. The van der Waals surface area contributed by atoms with E-state index in [9.17, 15) is 32.7 Å². The number of carbonyl (C=O) groups excluding carboxylic acids is 2. The fourth-order valence-electron chi connectivity index (χ4n) is 5.33. The predicted molar refractivity (Wildman–Crippen MR) is 128 cm³/mol. The number of ketones is 1. The van der Waals surface area contributed by atoms with Gasteiger partial charge in [0, 0.05) is 18.9 Å². The Bertz CT molecular complexity index is 1230. The number of aromatic nitrogens is 3. The minimum Gasteiger partial charge on any atom is -0.481 e. The molecule has 1 amide bonds. The first-order chi connectivity index (χ1) is 17.1. The maximum atomic E-state index is 14.3. The molecule has 0 radical (unpaired) electrons. The summed E-state index contributed by atoms with van der Waals surface area (Å²) in [6.45, 7) is 4.75. The maximum absolute atomic E-state index is 14.3. The average molecular weight is 561 g/mol. The van der Waals surface area contributed by atoms with E-state index in [2.05, 4.69) is 10.1 Å². The Morgan fingerprint density at radius 1 is 1.08 bits per heavy atom. The number of halogens is 5. The van der Waals surface area contributed by atoms with Gasteiger partial charge in [0.05, 0.1) is 45.9 Å². The molecule has 0 bridgehead atoms. The van der Waals surface area contributed by atoms with Crippen LogP contribution < -0.4 is 0 Å². The SMILES string of the molecule is CC(C)(C)CN(CC(=O)c1c(Cl)cncc1Cl)C(=O)c1cnn([C@@H]2C[C@@H]3[C@H](C2)[C@@H]3C(=O)O)c1C(F)(F)F. The highest BCUT2D eigenvalue weighted by Gasteiger charge is 2.61. The van der Waals surface area contributed by atoms with Crippen LogP contribution in [0.1, 0.15) is 66.1 Å². The Hall–Kier alpha value is -2.66. The molecule has 2 fully saturated rings. The molecule has 200 valence electrons. The molecule has 2 aromatic heterocycles. The van der Waals surface area contributed by atoms with E-state index in [1.54, 1.807) is 20.8 Å². The number of alkyl halides is 3. The highest BCUT2D eigenvalue weighted by Crippen LogP contribution is 2.61. The van der Waals surface area contributed by atoms with E-state index in [-0.39, 0.29) is 46.8 Å². The zero-order valence-corrected chi connectivity index (χ0v) is 21.7. The van der Waals surface area contributed by atoms with E-state index < -0.39 is 59.0 Å². The Morgan fingerprint density at radius 2 is 1.65 bits per heavy atom. The van der Waals surface area contributed by atoms with Crippen molar-refractivity contribution in [2.45, 2.75) is 45.8 Å². The molecule has 4 rings (SSSR count). The maximum Gasteiger partial charge on any atom is 0.433 e. The summed E-state index contributed by atoms with van der Waals surface area (Å²) in [4.78, 5) is 42.7. The lowest BCUT2D eigenvalue weighted by Crippen LogP contribution is -2.42. The Kier molecular flexibility index (Phi) is 7.09. The predicted octanol–water partition coefficient (Wildman–Crippen LogP) is 5.26. The summed E-state index contributed by atoms with van der Waals surface area (Å²) in [6, 6.07) is -0.670. The molecule has 2 aliphatic carbocycles. The van der Waals surface area contributed by atoms with Crippen molar-refractivity contribution >= 4 is 40.9 Å². The van der Waals surface area contributed by atoms with E-state index in [1.165, 1.54) is 12.4 Å². The Balaban J connectivity index is 1.65. The average Bonchev–Trinajstić information content (AvgIpc) is 3.09. The topological polar surface area (TPSA) is 105 Å². The summed E-state index contributed by atoms with van der Waals surface area (Å²) in [7, 11) is 0. The van der Waals surface area contributed by atoms with Crippen molar-refractivity contribution in [3.8, 4) is 0 Å². The second kappa shape index (κ2) is 9.58. The summed E-state index contributed by atoms with van der Waals surface area (Å²) in [6.07, 6.45) is -1.13. The van der Waals surface area contributed by atoms with Crippen LogP contribution in [-0.2, 0) is 11.0 Å². The third-order valence-corrected chi connectivity index (χ3v) is 7.34. The molecular formula is C24H25Cl2F3N4O4. The fraction of sp³-hybridized carbons (Fsp3) is 0.542. The second-order valence-corrected chi connectivity index (χ2v) is 11.6. The van der Waals surface area contributed by atoms with Crippen LogP contribution >= 0.6 is 23.2 Å². The van der Waals surface area contributed by atoms with Crippen molar-refractivity contribution in [1.29, 1.82) is 0 Å². The molecule has 4 atom stereocenters. The number of carboxylic acids is 1. The van der Waals surface area contributed by atoms with Gasteiger partial charge < -0.3 is 10.0 Å². The number of rotatable bonds is 7. The molecule has 2 aliphatic rings. The largest absolute Gasteiger partial charge is 0.481 e. The third kappa shape index (κ3) is 5.47. The van der Waals surface area contributed by atoms with Gasteiger partial charge in [-0.25, -0.2) is 0 Å². The minimum atomic E-state index is -4.91. The van der Waals surface area contributed by atoms with Gasteiger partial charge in [0.1, 0.15) is 0 Å². The number of carbonyl (C=O) groups is 3. The van der Waals surface area contributed by atoms with Crippen LogP contribution in [0.2, 0.25) is 10.0 Å². The lowest BCUT2D eigenvalue weighted by Gasteiger charge is -2.30. The first-order valence-corrected chi connectivity index (χ1v) is 12.3. The van der Waals surface area contributed by atoms with Gasteiger partial charge in [-0.3, -0.25) is 24.0 Å². The fourth-order valence-corrected chi connectivity index (χ4v) is 5.90. The number of pyridine rings is 1. The van der Waals surface area contributed by atoms with Gasteiger partial charge in [-0.15, -0.1) is 0 Å². The van der Waals surface area contributed by atoms with Gasteiger partial charge in [0.15, 0.2) is 11.5 Å². The van der Waals surface area contributed by atoms with E-state index in [4.69, 9.17) is 23.2 Å². The Labute approximate surface area is 220 Å². The Morgan fingerprint density at radius 3 is 2.14 bits per heavy atom. The standard InChI is InChI=1S/C24H25Cl2F3N4O4/c1-23(2,3)10-32(9-17(34)19-15(25)7-30-8-16(19)26)21(35)14-6-31-33(20(14)24(27,28)29)11-4-12-13(5-11)18(12)22(36)37/h6-8,11-13,18H,4-5,9-10H2,1-3H3,(H,36,37)/t11-,12-,13+,18-. The van der Waals surface area contributed by atoms with Gasteiger partial charge in [0.25, 0.3) is 5.91 Å². The van der Waals surface area contributed by atoms with Crippen LogP contribution in [0.4, 0.5) is 13.2 Å². The molecule has 8 nitrogen and oxygen atoms in total. The summed E-state index contributed by atoms with van der Waals surface area (Å²) in [5.41, 5.74) is -2.52. The zero-order chi connectivity index (χ0) is 27.4.